The van der Waals surface area contributed by atoms with Crippen molar-refractivity contribution in [2.75, 3.05) is 11.8 Å². The first-order chi connectivity index (χ1) is 10.3. The number of anilines is 1. The van der Waals surface area contributed by atoms with Crippen LogP contribution in [-0.4, -0.2) is 25.7 Å². The van der Waals surface area contributed by atoms with Gasteiger partial charge in [0, 0.05) is 6.07 Å². The average Bonchev–Trinajstić information content (AvgIpc) is 2.44. The van der Waals surface area contributed by atoms with Gasteiger partial charge in [0.05, 0.1) is 12.9 Å². The molecule has 10 heteroatoms. The first-order valence-corrected chi connectivity index (χ1v) is 8.55. The second-order valence-electron chi connectivity index (χ2n) is 4.19. The Labute approximate surface area is 139 Å². The number of methoxy groups -OCH3 is 1. The van der Waals surface area contributed by atoms with Crippen molar-refractivity contribution >= 4 is 38.4 Å². The van der Waals surface area contributed by atoms with Gasteiger partial charge in [0.15, 0.2) is 17.4 Å². The van der Waals surface area contributed by atoms with Crippen LogP contribution in [0.25, 0.3) is 0 Å². The Balaban J connectivity index is 2.22. The highest BCUT2D eigenvalue weighted by Gasteiger charge is 2.17. The van der Waals surface area contributed by atoms with Gasteiger partial charge in [-0.3, -0.25) is 4.72 Å². The van der Waals surface area contributed by atoms with E-state index in [1.807, 2.05) is 22.6 Å². The first-order valence-electron chi connectivity index (χ1n) is 5.82. The Hall–Kier alpha value is -1.56. The molecular formula is C12H10F2IN3O3S. The summed E-state index contributed by atoms with van der Waals surface area (Å²) in [7, 11) is -2.53. The van der Waals surface area contributed by atoms with E-state index in [-0.39, 0.29) is 17.1 Å². The van der Waals surface area contributed by atoms with Gasteiger partial charge in [-0.2, -0.15) is 0 Å². The van der Waals surface area contributed by atoms with Crippen molar-refractivity contribution in [3.05, 3.63) is 45.2 Å². The van der Waals surface area contributed by atoms with Crippen molar-refractivity contribution in [1.29, 1.82) is 0 Å². The van der Waals surface area contributed by atoms with Crippen LogP contribution in [0.2, 0.25) is 0 Å². The largest absolute Gasteiger partial charge is 0.493 e. The van der Waals surface area contributed by atoms with E-state index in [1.54, 1.807) is 0 Å². The number of halogens is 3. The summed E-state index contributed by atoms with van der Waals surface area (Å²) < 4.78 is 57.8. The first kappa shape index (κ1) is 16.8. The van der Waals surface area contributed by atoms with Crippen molar-refractivity contribution in [3.63, 3.8) is 0 Å². The minimum atomic E-state index is -3.89. The zero-order valence-corrected chi connectivity index (χ0v) is 14.2. The van der Waals surface area contributed by atoms with E-state index in [0.29, 0.717) is 3.70 Å². The molecule has 1 heterocycles. The number of ether oxygens (including phenoxy) is 1. The van der Waals surface area contributed by atoms with Crippen LogP contribution >= 0.6 is 22.6 Å². The summed E-state index contributed by atoms with van der Waals surface area (Å²) in [4.78, 5) is 0. The maximum Gasteiger partial charge on any atom is 0.238 e. The predicted octanol–water partition coefficient (Wildman–Crippen LogP) is 2.31. The topological polar surface area (TPSA) is 81.2 Å². The second-order valence-corrected chi connectivity index (χ2v) is 7.02. The van der Waals surface area contributed by atoms with Crippen LogP contribution in [0.4, 0.5) is 14.6 Å². The second kappa shape index (κ2) is 6.69. The molecule has 0 fully saturated rings. The monoisotopic (exact) mass is 441 g/mol. The van der Waals surface area contributed by atoms with Gasteiger partial charge >= 0.3 is 0 Å². The molecule has 0 bridgehead atoms. The van der Waals surface area contributed by atoms with Crippen LogP contribution in [0.3, 0.4) is 0 Å². The van der Waals surface area contributed by atoms with Crippen molar-refractivity contribution in [2.45, 2.75) is 5.75 Å². The number of benzene rings is 1. The zero-order chi connectivity index (χ0) is 16.3. The number of rotatable bonds is 5. The Morgan fingerprint density at radius 2 is 1.95 bits per heavy atom. The quantitative estimate of drug-likeness (QED) is 0.721. The number of nitrogens with zero attached hydrogens (tertiary/aromatic N) is 2. The van der Waals surface area contributed by atoms with Crippen molar-refractivity contribution in [3.8, 4) is 5.75 Å². The lowest BCUT2D eigenvalue weighted by Gasteiger charge is -2.10. The Bertz CT molecular complexity index is 802. The van der Waals surface area contributed by atoms with Gasteiger partial charge in [0.1, 0.15) is 3.70 Å². The predicted molar refractivity (Wildman–Crippen MR) is 83.9 cm³/mol. The van der Waals surface area contributed by atoms with Crippen LogP contribution in [-0.2, 0) is 15.8 Å². The summed E-state index contributed by atoms with van der Waals surface area (Å²) in [5.41, 5.74) is 0.101. The minimum absolute atomic E-state index is 0.0782. The molecule has 1 aromatic heterocycles. The summed E-state index contributed by atoms with van der Waals surface area (Å²) in [6.07, 6.45) is 0. The Morgan fingerprint density at radius 1 is 1.23 bits per heavy atom. The third kappa shape index (κ3) is 4.22. The SMILES string of the molecule is COc1cc(I)nnc1NS(=O)(=O)Cc1ccc(F)c(F)c1. The molecule has 0 atom stereocenters. The minimum Gasteiger partial charge on any atom is -0.493 e. The standard InChI is InChI=1S/C12H10F2IN3O3S/c1-21-10-5-11(15)16-17-12(10)18-22(19,20)6-7-2-3-8(13)9(14)4-7/h2-5H,6H2,1H3,(H,17,18). The molecule has 0 aliphatic heterocycles. The lowest BCUT2D eigenvalue weighted by atomic mass is 10.2. The van der Waals surface area contributed by atoms with Crippen LogP contribution in [0.15, 0.2) is 24.3 Å². The van der Waals surface area contributed by atoms with E-state index in [0.717, 1.165) is 12.1 Å². The highest BCUT2D eigenvalue weighted by Crippen LogP contribution is 2.23. The fourth-order valence-electron chi connectivity index (χ4n) is 1.61. The number of nitrogens with one attached hydrogen (secondary N) is 1. The van der Waals surface area contributed by atoms with Crippen molar-refractivity contribution in [1.82, 2.24) is 10.2 Å². The summed E-state index contributed by atoms with van der Waals surface area (Å²) in [6.45, 7) is 0. The van der Waals surface area contributed by atoms with Crippen LogP contribution in [0.1, 0.15) is 5.56 Å². The van der Waals surface area contributed by atoms with Gasteiger partial charge in [0.25, 0.3) is 0 Å². The van der Waals surface area contributed by atoms with Crippen LogP contribution in [0.5, 0.6) is 5.75 Å². The molecule has 0 amide bonds. The van der Waals surface area contributed by atoms with Gasteiger partial charge < -0.3 is 4.74 Å². The molecule has 0 saturated heterocycles. The normalized spacial score (nSPS) is 11.3. The van der Waals surface area contributed by atoms with Crippen molar-refractivity contribution < 1.29 is 21.9 Å². The van der Waals surface area contributed by atoms with E-state index in [4.69, 9.17) is 4.74 Å². The molecule has 0 spiro atoms. The maximum atomic E-state index is 13.1. The van der Waals surface area contributed by atoms with Gasteiger partial charge in [-0.15, -0.1) is 10.2 Å². The highest BCUT2D eigenvalue weighted by atomic mass is 127. The molecule has 2 rings (SSSR count). The summed E-state index contributed by atoms with van der Waals surface area (Å²) in [6, 6.07) is 4.38. The molecule has 0 aliphatic carbocycles. The number of aromatic nitrogens is 2. The number of sulfonamides is 1. The molecule has 2 aromatic rings. The number of hydrogen-bond donors (Lipinski definition) is 1. The molecule has 0 aliphatic rings. The molecule has 0 unspecified atom stereocenters. The molecule has 22 heavy (non-hydrogen) atoms. The maximum absolute atomic E-state index is 13.1. The van der Waals surface area contributed by atoms with Gasteiger partial charge in [0.2, 0.25) is 15.8 Å². The summed E-state index contributed by atoms with van der Waals surface area (Å²) in [5.74, 6) is -2.57. The third-order valence-electron chi connectivity index (χ3n) is 2.54. The smallest absolute Gasteiger partial charge is 0.238 e. The van der Waals surface area contributed by atoms with Crippen LogP contribution < -0.4 is 9.46 Å². The third-order valence-corrected chi connectivity index (χ3v) is 4.29. The molecule has 0 saturated carbocycles. The molecule has 6 nitrogen and oxygen atoms in total. The fraction of sp³-hybridized carbons (Fsp3) is 0.167. The van der Waals surface area contributed by atoms with E-state index < -0.39 is 27.4 Å². The number of hydrogen-bond acceptors (Lipinski definition) is 5. The Kier molecular flexibility index (Phi) is 5.11. The van der Waals surface area contributed by atoms with E-state index >= 15 is 0 Å². The molecular weight excluding hydrogens is 431 g/mol. The molecule has 1 N–H and O–H groups in total. The lowest BCUT2D eigenvalue weighted by Crippen LogP contribution is -2.17. The van der Waals surface area contributed by atoms with Gasteiger partial charge in [-0.25, -0.2) is 17.2 Å². The van der Waals surface area contributed by atoms with Gasteiger partial charge in [-0.1, -0.05) is 6.07 Å². The van der Waals surface area contributed by atoms with Gasteiger partial charge in [-0.05, 0) is 40.3 Å². The summed E-state index contributed by atoms with van der Waals surface area (Å²) in [5, 5.41) is 7.43. The fourth-order valence-corrected chi connectivity index (χ4v) is 3.13. The Morgan fingerprint density at radius 3 is 2.59 bits per heavy atom. The average molecular weight is 441 g/mol. The lowest BCUT2D eigenvalue weighted by molar-refractivity contribution is 0.413. The highest BCUT2D eigenvalue weighted by molar-refractivity contribution is 14.1. The molecule has 1 aromatic carbocycles. The molecule has 0 radical (unpaired) electrons. The van der Waals surface area contributed by atoms with E-state index in [2.05, 4.69) is 14.9 Å². The molecule has 118 valence electrons. The van der Waals surface area contributed by atoms with E-state index in [9.17, 15) is 17.2 Å². The zero-order valence-electron chi connectivity index (χ0n) is 11.2. The van der Waals surface area contributed by atoms with E-state index in [1.165, 1.54) is 19.2 Å². The van der Waals surface area contributed by atoms with Crippen molar-refractivity contribution in [2.24, 2.45) is 0 Å². The van der Waals surface area contributed by atoms with Crippen LogP contribution in [0, 0.1) is 15.3 Å². The summed E-state index contributed by atoms with van der Waals surface area (Å²) >= 11 is 1.90.